The number of rotatable bonds is 5. The van der Waals surface area contributed by atoms with E-state index >= 15 is 0 Å². The van der Waals surface area contributed by atoms with Crippen LogP contribution in [0.15, 0.2) is 47.4 Å². The van der Waals surface area contributed by atoms with Crippen molar-refractivity contribution in [1.82, 2.24) is 4.98 Å². The van der Waals surface area contributed by atoms with E-state index in [-0.39, 0.29) is 23.0 Å². The van der Waals surface area contributed by atoms with Crippen molar-refractivity contribution in [3.8, 4) is 0 Å². The lowest BCUT2D eigenvalue weighted by Crippen LogP contribution is -2.14. The maximum absolute atomic E-state index is 13.1. The maximum Gasteiger partial charge on any atom is 0.418 e. The summed E-state index contributed by atoms with van der Waals surface area (Å²) < 4.78 is 39.6. The van der Waals surface area contributed by atoms with Gasteiger partial charge in [-0.2, -0.15) is 13.2 Å². The third-order valence-electron chi connectivity index (χ3n) is 3.63. The van der Waals surface area contributed by atoms with Gasteiger partial charge in [-0.3, -0.25) is 4.79 Å². The van der Waals surface area contributed by atoms with E-state index in [2.05, 4.69) is 24.1 Å². The number of amides is 1. The molecule has 8 heteroatoms. The summed E-state index contributed by atoms with van der Waals surface area (Å²) in [5, 5.41) is 3.24. The number of fused-ring (bicyclic) bond motifs is 1. The Bertz CT molecular complexity index is 950. The van der Waals surface area contributed by atoms with Gasteiger partial charge in [0.2, 0.25) is 5.91 Å². The SMILES string of the molecule is CC(C)Sc1ccc(CC(=O)Nc2nc3c(C(F)(F)F)cccc3s2)cc1. The summed E-state index contributed by atoms with van der Waals surface area (Å²) in [6.45, 7) is 4.21. The lowest BCUT2D eigenvalue weighted by Gasteiger charge is -2.06. The summed E-state index contributed by atoms with van der Waals surface area (Å²) in [4.78, 5) is 17.3. The van der Waals surface area contributed by atoms with Gasteiger partial charge in [0.25, 0.3) is 0 Å². The van der Waals surface area contributed by atoms with Crippen LogP contribution in [0.1, 0.15) is 25.0 Å². The summed E-state index contributed by atoms with van der Waals surface area (Å²) >= 11 is 2.76. The van der Waals surface area contributed by atoms with Gasteiger partial charge in [-0.25, -0.2) is 4.98 Å². The van der Waals surface area contributed by atoms with Crippen LogP contribution in [0, 0.1) is 0 Å². The van der Waals surface area contributed by atoms with Crippen LogP contribution in [-0.4, -0.2) is 16.1 Å². The summed E-state index contributed by atoms with van der Waals surface area (Å²) in [6.07, 6.45) is -4.35. The molecule has 0 aliphatic carbocycles. The molecule has 1 amide bonds. The Labute approximate surface area is 163 Å². The lowest BCUT2D eigenvalue weighted by atomic mass is 10.1. The minimum atomic E-state index is -4.48. The van der Waals surface area contributed by atoms with Crippen molar-refractivity contribution in [2.45, 2.75) is 36.6 Å². The number of carbonyl (C=O) groups excluding carboxylic acids is 1. The van der Waals surface area contributed by atoms with Crippen LogP contribution < -0.4 is 5.32 Å². The Morgan fingerprint density at radius 2 is 1.89 bits per heavy atom. The molecule has 0 saturated carbocycles. The number of nitrogens with one attached hydrogen (secondary N) is 1. The normalized spacial score (nSPS) is 11.9. The Morgan fingerprint density at radius 3 is 2.52 bits per heavy atom. The zero-order valence-corrected chi connectivity index (χ0v) is 16.3. The van der Waals surface area contributed by atoms with Gasteiger partial charge in [0.15, 0.2) is 5.13 Å². The van der Waals surface area contributed by atoms with Crippen molar-refractivity contribution in [2.75, 3.05) is 5.32 Å². The number of aromatic nitrogens is 1. The van der Waals surface area contributed by atoms with Crippen molar-refractivity contribution in [1.29, 1.82) is 0 Å². The highest BCUT2D eigenvalue weighted by Gasteiger charge is 2.33. The molecule has 3 nitrogen and oxygen atoms in total. The first kappa shape index (κ1) is 19.7. The molecule has 0 saturated heterocycles. The van der Waals surface area contributed by atoms with Gasteiger partial charge in [0, 0.05) is 10.1 Å². The van der Waals surface area contributed by atoms with Crippen LogP contribution in [0.25, 0.3) is 10.2 Å². The lowest BCUT2D eigenvalue weighted by molar-refractivity contribution is -0.136. The van der Waals surface area contributed by atoms with Crippen LogP contribution in [0.4, 0.5) is 18.3 Å². The quantitative estimate of drug-likeness (QED) is 0.525. The number of benzene rings is 2. The zero-order valence-electron chi connectivity index (χ0n) is 14.6. The summed E-state index contributed by atoms with van der Waals surface area (Å²) in [7, 11) is 0. The van der Waals surface area contributed by atoms with Gasteiger partial charge in [-0.15, -0.1) is 11.8 Å². The number of nitrogens with zero attached hydrogens (tertiary/aromatic N) is 1. The summed E-state index contributed by atoms with van der Waals surface area (Å²) in [6, 6.07) is 11.6. The number of halogens is 3. The van der Waals surface area contributed by atoms with E-state index in [1.807, 2.05) is 24.3 Å². The highest BCUT2D eigenvalue weighted by molar-refractivity contribution is 7.99. The Hall–Kier alpha value is -2.06. The monoisotopic (exact) mass is 410 g/mol. The zero-order chi connectivity index (χ0) is 19.6. The largest absolute Gasteiger partial charge is 0.418 e. The summed E-state index contributed by atoms with van der Waals surface area (Å²) in [5.74, 6) is -0.313. The molecule has 0 atom stereocenters. The molecule has 0 unspecified atom stereocenters. The van der Waals surface area contributed by atoms with E-state index in [1.54, 1.807) is 17.8 Å². The van der Waals surface area contributed by atoms with Gasteiger partial charge in [0.05, 0.1) is 22.2 Å². The van der Waals surface area contributed by atoms with Gasteiger partial charge in [-0.05, 0) is 29.8 Å². The number of thiazole rings is 1. The minimum absolute atomic E-state index is 0.134. The highest BCUT2D eigenvalue weighted by Crippen LogP contribution is 2.37. The van der Waals surface area contributed by atoms with Crippen molar-refractivity contribution in [2.24, 2.45) is 0 Å². The predicted octanol–water partition coefficient (Wildman–Crippen LogP) is 6.00. The second-order valence-corrected chi connectivity index (χ2v) is 8.89. The van der Waals surface area contributed by atoms with Gasteiger partial charge >= 0.3 is 6.18 Å². The first-order valence-corrected chi connectivity index (χ1v) is 9.94. The van der Waals surface area contributed by atoms with Gasteiger partial charge < -0.3 is 5.32 Å². The predicted molar refractivity (Wildman–Crippen MR) is 104 cm³/mol. The van der Waals surface area contributed by atoms with Gasteiger partial charge in [-0.1, -0.05) is 43.4 Å². The van der Waals surface area contributed by atoms with E-state index in [1.165, 1.54) is 6.07 Å². The van der Waals surface area contributed by atoms with Crippen LogP contribution >= 0.6 is 23.1 Å². The number of hydrogen-bond acceptors (Lipinski definition) is 4. The second-order valence-electron chi connectivity index (χ2n) is 6.20. The van der Waals surface area contributed by atoms with E-state index < -0.39 is 11.7 Å². The van der Waals surface area contributed by atoms with E-state index in [0.717, 1.165) is 27.9 Å². The smallest absolute Gasteiger partial charge is 0.302 e. The molecular weight excluding hydrogens is 393 g/mol. The van der Waals surface area contributed by atoms with Crippen LogP contribution in [-0.2, 0) is 17.4 Å². The van der Waals surface area contributed by atoms with Crippen molar-refractivity contribution in [3.63, 3.8) is 0 Å². The number of anilines is 1. The molecule has 0 aliphatic rings. The standard InChI is InChI=1S/C19H17F3N2OS2/c1-11(2)26-13-8-6-12(7-9-13)10-16(25)23-18-24-17-14(19(20,21)22)4-3-5-15(17)27-18/h3-9,11H,10H2,1-2H3,(H,23,24,25). The molecule has 27 heavy (non-hydrogen) atoms. The molecule has 0 spiro atoms. The highest BCUT2D eigenvalue weighted by atomic mass is 32.2. The van der Waals surface area contributed by atoms with Crippen molar-refractivity contribution in [3.05, 3.63) is 53.6 Å². The molecule has 0 radical (unpaired) electrons. The Balaban J connectivity index is 1.71. The molecule has 142 valence electrons. The molecule has 3 aromatic rings. The third-order valence-corrected chi connectivity index (χ3v) is 5.58. The van der Waals surface area contributed by atoms with Crippen LogP contribution in [0.2, 0.25) is 0 Å². The number of hydrogen-bond donors (Lipinski definition) is 1. The number of para-hydroxylation sites is 1. The van der Waals surface area contributed by atoms with E-state index in [0.29, 0.717) is 9.95 Å². The number of alkyl halides is 3. The topological polar surface area (TPSA) is 42.0 Å². The molecular formula is C19H17F3N2OS2. The number of carbonyl (C=O) groups is 1. The molecule has 1 N–H and O–H groups in total. The Morgan fingerprint density at radius 1 is 1.19 bits per heavy atom. The number of thioether (sulfide) groups is 1. The average Bonchev–Trinajstić information content (AvgIpc) is 2.97. The fourth-order valence-corrected chi connectivity index (χ4v) is 4.28. The van der Waals surface area contributed by atoms with Gasteiger partial charge in [0.1, 0.15) is 0 Å². The van der Waals surface area contributed by atoms with E-state index in [4.69, 9.17) is 0 Å². The first-order chi connectivity index (χ1) is 12.7. The minimum Gasteiger partial charge on any atom is -0.302 e. The molecule has 3 rings (SSSR count). The first-order valence-electron chi connectivity index (χ1n) is 8.24. The molecule has 1 heterocycles. The van der Waals surface area contributed by atoms with Crippen molar-refractivity contribution < 1.29 is 18.0 Å². The fourth-order valence-electron chi connectivity index (χ4n) is 2.54. The molecule has 1 aromatic heterocycles. The average molecular weight is 410 g/mol. The maximum atomic E-state index is 13.1. The van der Waals surface area contributed by atoms with E-state index in [9.17, 15) is 18.0 Å². The molecule has 0 bridgehead atoms. The second kappa shape index (κ2) is 7.90. The van der Waals surface area contributed by atoms with Crippen LogP contribution in [0.3, 0.4) is 0 Å². The Kier molecular flexibility index (Phi) is 5.76. The van der Waals surface area contributed by atoms with Crippen LogP contribution in [0.5, 0.6) is 0 Å². The third kappa shape index (κ3) is 5.01. The summed E-state index contributed by atoms with van der Waals surface area (Å²) in [5.41, 5.74) is -0.104. The molecule has 0 aliphatic heterocycles. The molecule has 0 fully saturated rings. The molecule has 2 aromatic carbocycles. The fraction of sp³-hybridized carbons (Fsp3) is 0.263. The van der Waals surface area contributed by atoms with Crippen molar-refractivity contribution >= 4 is 44.4 Å².